The number of H-pyrrole nitrogens is 1. The van der Waals surface area contributed by atoms with Gasteiger partial charge in [-0.15, -0.1) is 0 Å². The van der Waals surface area contributed by atoms with Crippen molar-refractivity contribution < 1.29 is 14.3 Å². The maximum atomic E-state index is 12.5. The lowest BCUT2D eigenvalue weighted by Gasteiger charge is -2.19. The number of hydrogen-bond acceptors (Lipinski definition) is 4. The summed E-state index contributed by atoms with van der Waals surface area (Å²) in [5.74, 6) is 0.743. The molecule has 1 aliphatic rings. The van der Waals surface area contributed by atoms with Crippen molar-refractivity contribution in [2.45, 2.75) is 0 Å². The summed E-state index contributed by atoms with van der Waals surface area (Å²) < 4.78 is 10.9. The van der Waals surface area contributed by atoms with Crippen LogP contribution in [0.5, 0.6) is 11.5 Å². The number of carbonyl (C=O) groups excluding carboxylic acids is 1. The second-order valence-electron chi connectivity index (χ2n) is 5.39. The van der Waals surface area contributed by atoms with Crippen molar-refractivity contribution in [1.82, 2.24) is 4.98 Å². The van der Waals surface area contributed by atoms with E-state index in [4.69, 9.17) is 9.47 Å². The van der Waals surface area contributed by atoms with Crippen LogP contribution in [-0.4, -0.2) is 24.1 Å². The maximum Gasteiger partial charge on any atom is 0.261 e. The Morgan fingerprint density at radius 2 is 1.83 bits per heavy atom. The average molecular weight is 322 g/mol. The number of aromatic nitrogens is 1. The van der Waals surface area contributed by atoms with Crippen molar-refractivity contribution in [2.24, 2.45) is 0 Å². The van der Waals surface area contributed by atoms with E-state index in [0.29, 0.717) is 41.3 Å². The summed E-state index contributed by atoms with van der Waals surface area (Å²) in [4.78, 5) is 27.9. The fourth-order valence-corrected chi connectivity index (χ4v) is 2.66. The van der Waals surface area contributed by atoms with Gasteiger partial charge in [-0.05, 0) is 24.3 Å². The molecule has 0 radical (unpaired) electrons. The Morgan fingerprint density at radius 1 is 1.04 bits per heavy atom. The second kappa shape index (κ2) is 5.73. The molecule has 1 aliphatic heterocycles. The van der Waals surface area contributed by atoms with Crippen LogP contribution in [-0.2, 0) is 0 Å². The normalized spacial score (nSPS) is 12.8. The van der Waals surface area contributed by atoms with E-state index in [1.807, 2.05) is 6.07 Å². The van der Waals surface area contributed by atoms with Crippen LogP contribution >= 0.6 is 0 Å². The molecule has 2 N–H and O–H groups in total. The third-order valence-electron chi connectivity index (χ3n) is 3.83. The molecular weight excluding hydrogens is 308 g/mol. The summed E-state index contributed by atoms with van der Waals surface area (Å²) in [6, 6.07) is 12.2. The van der Waals surface area contributed by atoms with Gasteiger partial charge in [-0.25, -0.2) is 0 Å². The number of amides is 1. The molecule has 4 rings (SSSR count). The number of para-hydroxylation sites is 1. The first-order valence-corrected chi connectivity index (χ1v) is 7.54. The fourth-order valence-electron chi connectivity index (χ4n) is 2.66. The molecule has 120 valence electrons. The van der Waals surface area contributed by atoms with Crippen LogP contribution in [0.4, 0.5) is 5.69 Å². The Kier molecular flexibility index (Phi) is 3.42. The van der Waals surface area contributed by atoms with Crippen molar-refractivity contribution in [2.75, 3.05) is 18.5 Å². The number of aromatic amines is 1. The Hall–Kier alpha value is -3.28. The molecular formula is C18H14N2O4. The van der Waals surface area contributed by atoms with E-state index in [9.17, 15) is 9.59 Å². The van der Waals surface area contributed by atoms with Crippen molar-refractivity contribution in [3.8, 4) is 11.5 Å². The topological polar surface area (TPSA) is 80.4 Å². The van der Waals surface area contributed by atoms with Crippen LogP contribution in [0.1, 0.15) is 10.4 Å². The van der Waals surface area contributed by atoms with Crippen molar-refractivity contribution >= 4 is 22.5 Å². The second-order valence-corrected chi connectivity index (χ2v) is 5.39. The van der Waals surface area contributed by atoms with Gasteiger partial charge in [0.05, 0.1) is 0 Å². The lowest BCUT2D eigenvalue weighted by atomic mass is 10.1. The van der Waals surface area contributed by atoms with Crippen LogP contribution in [0, 0.1) is 0 Å². The molecule has 0 atom stereocenters. The Labute approximate surface area is 137 Å². The largest absolute Gasteiger partial charge is 0.486 e. The molecule has 3 aromatic rings. The first-order valence-electron chi connectivity index (χ1n) is 7.54. The van der Waals surface area contributed by atoms with E-state index in [1.165, 1.54) is 6.20 Å². The fraction of sp³-hybridized carbons (Fsp3) is 0.111. The van der Waals surface area contributed by atoms with Gasteiger partial charge in [-0.3, -0.25) is 9.59 Å². The van der Waals surface area contributed by atoms with Gasteiger partial charge in [0.25, 0.3) is 5.91 Å². The highest BCUT2D eigenvalue weighted by Crippen LogP contribution is 2.32. The Morgan fingerprint density at radius 3 is 2.71 bits per heavy atom. The van der Waals surface area contributed by atoms with E-state index in [-0.39, 0.29) is 11.0 Å². The zero-order valence-electron chi connectivity index (χ0n) is 12.7. The van der Waals surface area contributed by atoms with Crippen LogP contribution < -0.4 is 20.2 Å². The number of nitrogens with one attached hydrogen (secondary N) is 2. The third kappa shape index (κ3) is 2.48. The van der Waals surface area contributed by atoms with Gasteiger partial charge in [-0.1, -0.05) is 12.1 Å². The summed E-state index contributed by atoms with van der Waals surface area (Å²) in [6.07, 6.45) is 1.43. The van der Waals surface area contributed by atoms with Crippen molar-refractivity contribution in [3.05, 3.63) is 64.4 Å². The molecule has 6 heteroatoms. The smallest absolute Gasteiger partial charge is 0.261 e. The molecule has 1 amide bonds. The molecule has 24 heavy (non-hydrogen) atoms. The molecule has 0 unspecified atom stereocenters. The monoisotopic (exact) mass is 322 g/mol. The number of hydrogen-bond donors (Lipinski definition) is 2. The van der Waals surface area contributed by atoms with Gasteiger partial charge in [0.15, 0.2) is 11.5 Å². The lowest BCUT2D eigenvalue weighted by Crippen LogP contribution is -2.22. The highest BCUT2D eigenvalue weighted by Gasteiger charge is 2.16. The Bertz CT molecular complexity index is 994. The van der Waals surface area contributed by atoms with Gasteiger partial charge in [0.2, 0.25) is 5.43 Å². The summed E-state index contributed by atoms with van der Waals surface area (Å²) in [6.45, 7) is 0.972. The quantitative estimate of drug-likeness (QED) is 0.760. The van der Waals surface area contributed by atoms with Gasteiger partial charge in [0, 0.05) is 28.9 Å². The van der Waals surface area contributed by atoms with Crippen LogP contribution in [0.3, 0.4) is 0 Å². The molecule has 2 heterocycles. The molecule has 0 aliphatic carbocycles. The number of rotatable bonds is 2. The zero-order valence-corrected chi connectivity index (χ0v) is 12.7. The summed E-state index contributed by atoms with van der Waals surface area (Å²) >= 11 is 0. The molecule has 2 aromatic carbocycles. The van der Waals surface area contributed by atoms with Gasteiger partial charge in [0.1, 0.15) is 18.8 Å². The van der Waals surface area contributed by atoms with E-state index in [0.717, 1.165) is 0 Å². The maximum absolute atomic E-state index is 12.5. The van der Waals surface area contributed by atoms with Crippen molar-refractivity contribution in [3.63, 3.8) is 0 Å². The Balaban J connectivity index is 1.65. The minimum atomic E-state index is -0.473. The first-order chi connectivity index (χ1) is 11.7. The van der Waals surface area contributed by atoms with Crippen LogP contribution in [0.2, 0.25) is 0 Å². The number of benzene rings is 2. The predicted molar refractivity (Wildman–Crippen MR) is 90.0 cm³/mol. The van der Waals surface area contributed by atoms with Crippen molar-refractivity contribution in [1.29, 1.82) is 0 Å². The van der Waals surface area contributed by atoms with E-state index < -0.39 is 5.91 Å². The minimum absolute atomic E-state index is 0.0589. The molecule has 0 saturated heterocycles. The highest BCUT2D eigenvalue weighted by molar-refractivity contribution is 6.05. The van der Waals surface area contributed by atoms with E-state index in [2.05, 4.69) is 10.3 Å². The average Bonchev–Trinajstić information content (AvgIpc) is 2.62. The van der Waals surface area contributed by atoms with Gasteiger partial charge >= 0.3 is 0 Å². The number of anilines is 1. The number of ether oxygens (including phenoxy) is 2. The highest BCUT2D eigenvalue weighted by atomic mass is 16.6. The summed E-state index contributed by atoms with van der Waals surface area (Å²) in [7, 11) is 0. The van der Waals surface area contributed by atoms with Crippen LogP contribution in [0.25, 0.3) is 10.9 Å². The molecule has 0 saturated carbocycles. The number of fused-ring (bicyclic) bond motifs is 2. The standard InChI is InChI=1S/C18H14N2O4/c21-17-12-3-1-2-4-14(12)19-10-13(17)18(22)20-11-5-6-15-16(9-11)24-8-7-23-15/h1-6,9-10H,7-8H2,(H,19,21)(H,20,22). The van der Waals surface area contributed by atoms with Crippen LogP contribution in [0.15, 0.2) is 53.5 Å². The first kappa shape index (κ1) is 14.3. The molecule has 0 bridgehead atoms. The SMILES string of the molecule is O=C(Nc1ccc2c(c1)OCCO2)c1c[nH]c2ccccc2c1=O. The minimum Gasteiger partial charge on any atom is -0.486 e. The molecule has 0 fully saturated rings. The third-order valence-corrected chi connectivity index (χ3v) is 3.83. The lowest BCUT2D eigenvalue weighted by molar-refractivity contribution is 0.102. The van der Waals surface area contributed by atoms with Gasteiger partial charge < -0.3 is 19.8 Å². The summed E-state index contributed by atoms with van der Waals surface area (Å²) in [5, 5.41) is 3.20. The van der Waals surface area contributed by atoms with E-state index >= 15 is 0 Å². The number of carbonyl (C=O) groups is 1. The molecule has 0 spiro atoms. The van der Waals surface area contributed by atoms with E-state index in [1.54, 1.807) is 36.4 Å². The zero-order chi connectivity index (χ0) is 16.5. The predicted octanol–water partition coefficient (Wildman–Crippen LogP) is 2.55. The molecule has 1 aromatic heterocycles. The van der Waals surface area contributed by atoms with Gasteiger partial charge in [-0.2, -0.15) is 0 Å². The molecule has 6 nitrogen and oxygen atoms in total. The number of pyridine rings is 1. The summed E-state index contributed by atoms with van der Waals surface area (Å²) in [5.41, 5.74) is 0.984.